The Morgan fingerprint density at radius 2 is 2.05 bits per heavy atom. The van der Waals surface area contributed by atoms with Crippen LogP contribution in [0, 0.1) is 5.92 Å². The molecule has 1 N–H and O–H groups in total. The van der Waals surface area contributed by atoms with Gasteiger partial charge in [-0.2, -0.15) is 0 Å². The van der Waals surface area contributed by atoms with Gasteiger partial charge in [0.25, 0.3) is 0 Å². The molecule has 4 nitrogen and oxygen atoms in total. The molecule has 3 rings (SSSR count). The molecule has 0 aliphatic carbocycles. The monoisotopic (exact) mass is 270 g/mol. The molecule has 2 atom stereocenters. The Labute approximate surface area is 118 Å². The molecule has 0 amide bonds. The van der Waals surface area contributed by atoms with E-state index in [2.05, 4.69) is 18.3 Å². The van der Waals surface area contributed by atoms with Gasteiger partial charge in [-0.3, -0.25) is 4.79 Å². The maximum atomic E-state index is 11.4. The van der Waals surface area contributed by atoms with Gasteiger partial charge in [0.1, 0.15) is 5.75 Å². The summed E-state index contributed by atoms with van der Waals surface area (Å²) in [6.07, 6.45) is 1.83. The van der Waals surface area contributed by atoms with E-state index in [1.807, 2.05) is 30.5 Å². The zero-order valence-electron chi connectivity index (χ0n) is 11.7. The number of anilines is 1. The summed E-state index contributed by atoms with van der Waals surface area (Å²) in [6.45, 7) is 2.86. The highest BCUT2D eigenvalue weighted by Gasteiger charge is 2.27. The number of ether oxygens (including phenoxy) is 1. The molecule has 0 spiro atoms. The highest BCUT2D eigenvalue weighted by molar-refractivity contribution is 5.47. The van der Waals surface area contributed by atoms with Gasteiger partial charge >= 0.3 is 0 Å². The maximum Gasteiger partial charge on any atom is 0.250 e. The molecule has 0 bridgehead atoms. The van der Waals surface area contributed by atoms with E-state index < -0.39 is 0 Å². The van der Waals surface area contributed by atoms with Crippen molar-refractivity contribution in [3.8, 4) is 5.75 Å². The topological polar surface area (TPSA) is 43.3 Å². The quantitative estimate of drug-likeness (QED) is 0.912. The van der Waals surface area contributed by atoms with Gasteiger partial charge in [0.05, 0.1) is 18.3 Å². The molecule has 4 heteroatoms. The summed E-state index contributed by atoms with van der Waals surface area (Å²) in [5.41, 5.74) is 2.11. The summed E-state index contributed by atoms with van der Waals surface area (Å²) in [6, 6.07) is 11.7. The lowest BCUT2D eigenvalue weighted by atomic mass is 9.92. The molecule has 1 aromatic carbocycles. The summed E-state index contributed by atoms with van der Waals surface area (Å²) < 4.78 is 7.33. The lowest BCUT2D eigenvalue weighted by molar-refractivity contribution is 0.214. The minimum atomic E-state index is -0.00373. The normalized spacial score (nSPS) is 20.9. The molecule has 2 aromatic rings. The second kappa shape index (κ2) is 5.04. The van der Waals surface area contributed by atoms with Gasteiger partial charge in [-0.05, 0) is 12.1 Å². The Morgan fingerprint density at radius 3 is 2.85 bits per heavy atom. The van der Waals surface area contributed by atoms with Crippen molar-refractivity contribution in [3.05, 3.63) is 58.5 Å². The third-order valence-corrected chi connectivity index (χ3v) is 3.73. The minimum Gasteiger partial charge on any atom is -0.493 e. The number of nitrogens with one attached hydrogen (secondary N) is 1. The van der Waals surface area contributed by atoms with Crippen LogP contribution in [0.2, 0.25) is 0 Å². The molecule has 1 aliphatic heterocycles. The van der Waals surface area contributed by atoms with E-state index in [1.54, 1.807) is 17.7 Å². The molecule has 0 radical (unpaired) electrons. The first kappa shape index (κ1) is 12.8. The Hall–Kier alpha value is -2.23. The second-order valence-electron chi connectivity index (χ2n) is 5.32. The molecule has 0 saturated carbocycles. The van der Waals surface area contributed by atoms with Crippen molar-refractivity contribution in [3.63, 3.8) is 0 Å². The van der Waals surface area contributed by atoms with Crippen LogP contribution in [0.5, 0.6) is 5.75 Å². The molecule has 0 fully saturated rings. The SMILES string of the molecule is CC1COc2ccccc2C1Nc1ccc(=O)n(C)c1. The van der Waals surface area contributed by atoms with Crippen molar-refractivity contribution in [1.29, 1.82) is 0 Å². The van der Waals surface area contributed by atoms with Crippen molar-refractivity contribution < 1.29 is 4.74 Å². The summed E-state index contributed by atoms with van der Waals surface area (Å²) in [7, 11) is 1.76. The lowest BCUT2D eigenvalue weighted by Crippen LogP contribution is -2.29. The number of nitrogens with zero attached hydrogens (tertiary/aromatic N) is 1. The van der Waals surface area contributed by atoms with Gasteiger partial charge in [0.15, 0.2) is 0 Å². The lowest BCUT2D eigenvalue weighted by Gasteiger charge is -2.32. The van der Waals surface area contributed by atoms with E-state index in [0.717, 1.165) is 11.4 Å². The number of benzene rings is 1. The van der Waals surface area contributed by atoms with Crippen LogP contribution in [-0.4, -0.2) is 11.2 Å². The van der Waals surface area contributed by atoms with Crippen LogP contribution in [0.25, 0.3) is 0 Å². The van der Waals surface area contributed by atoms with Crippen molar-refractivity contribution in [2.75, 3.05) is 11.9 Å². The molecule has 104 valence electrons. The predicted octanol–water partition coefficient (Wildman–Crippen LogP) is 2.57. The van der Waals surface area contributed by atoms with Gasteiger partial charge in [-0.25, -0.2) is 0 Å². The van der Waals surface area contributed by atoms with Crippen LogP contribution in [0.15, 0.2) is 47.4 Å². The van der Waals surface area contributed by atoms with Crippen LogP contribution in [0.3, 0.4) is 0 Å². The fourth-order valence-corrected chi connectivity index (χ4v) is 2.57. The van der Waals surface area contributed by atoms with Gasteiger partial charge in [-0.15, -0.1) is 0 Å². The van der Waals surface area contributed by atoms with E-state index in [0.29, 0.717) is 12.5 Å². The molecule has 1 aliphatic rings. The third-order valence-electron chi connectivity index (χ3n) is 3.73. The molecule has 20 heavy (non-hydrogen) atoms. The Balaban J connectivity index is 1.93. The average Bonchev–Trinajstić information content (AvgIpc) is 2.46. The molecule has 1 aromatic heterocycles. The van der Waals surface area contributed by atoms with E-state index in [4.69, 9.17) is 4.74 Å². The number of hydrogen-bond donors (Lipinski definition) is 1. The summed E-state index contributed by atoms with van der Waals surface area (Å²) in [5.74, 6) is 1.30. The van der Waals surface area contributed by atoms with Crippen LogP contribution in [0.4, 0.5) is 5.69 Å². The predicted molar refractivity (Wildman–Crippen MR) is 79.1 cm³/mol. The number of fused-ring (bicyclic) bond motifs is 1. The first-order valence-corrected chi connectivity index (χ1v) is 6.80. The van der Waals surface area contributed by atoms with E-state index in [1.165, 1.54) is 5.56 Å². The van der Waals surface area contributed by atoms with Crippen LogP contribution in [-0.2, 0) is 7.05 Å². The first-order chi connectivity index (χ1) is 9.65. The minimum absolute atomic E-state index is 0.00373. The fraction of sp³-hybridized carbons (Fsp3) is 0.312. The largest absolute Gasteiger partial charge is 0.493 e. The van der Waals surface area contributed by atoms with E-state index in [9.17, 15) is 4.79 Å². The first-order valence-electron chi connectivity index (χ1n) is 6.80. The number of hydrogen-bond acceptors (Lipinski definition) is 3. The summed E-state index contributed by atoms with van der Waals surface area (Å²) >= 11 is 0. The number of pyridine rings is 1. The molecular weight excluding hydrogens is 252 g/mol. The number of aromatic nitrogens is 1. The zero-order valence-corrected chi connectivity index (χ0v) is 11.7. The maximum absolute atomic E-state index is 11.4. The Bertz CT molecular complexity index is 678. The van der Waals surface area contributed by atoms with Crippen LogP contribution < -0.4 is 15.6 Å². The molecule has 2 unspecified atom stereocenters. The van der Waals surface area contributed by atoms with Crippen molar-refractivity contribution in [1.82, 2.24) is 4.57 Å². The van der Waals surface area contributed by atoms with E-state index >= 15 is 0 Å². The molecule has 0 saturated heterocycles. The highest BCUT2D eigenvalue weighted by Crippen LogP contribution is 2.37. The zero-order chi connectivity index (χ0) is 14.1. The third kappa shape index (κ3) is 2.29. The van der Waals surface area contributed by atoms with Crippen LogP contribution >= 0.6 is 0 Å². The molecular formula is C16H18N2O2. The van der Waals surface area contributed by atoms with Gasteiger partial charge in [0.2, 0.25) is 5.56 Å². The summed E-state index contributed by atoms with van der Waals surface area (Å²) in [4.78, 5) is 11.4. The Morgan fingerprint density at radius 1 is 1.25 bits per heavy atom. The summed E-state index contributed by atoms with van der Waals surface area (Å²) in [5, 5.41) is 3.52. The fourth-order valence-electron chi connectivity index (χ4n) is 2.57. The number of para-hydroxylation sites is 1. The van der Waals surface area contributed by atoms with Gasteiger partial charge < -0.3 is 14.6 Å². The average molecular weight is 270 g/mol. The molecule has 2 heterocycles. The number of rotatable bonds is 2. The van der Waals surface area contributed by atoms with E-state index in [-0.39, 0.29) is 11.6 Å². The van der Waals surface area contributed by atoms with Crippen molar-refractivity contribution >= 4 is 5.69 Å². The van der Waals surface area contributed by atoms with Gasteiger partial charge in [0, 0.05) is 30.8 Å². The Kier molecular flexibility index (Phi) is 3.22. The highest BCUT2D eigenvalue weighted by atomic mass is 16.5. The second-order valence-corrected chi connectivity index (χ2v) is 5.32. The standard InChI is InChI=1S/C16H18N2O2/c1-11-10-20-14-6-4-3-5-13(14)16(11)17-12-7-8-15(19)18(2)9-12/h3-9,11,16-17H,10H2,1-2H3. The van der Waals surface area contributed by atoms with Crippen molar-refractivity contribution in [2.24, 2.45) is 13.0 Å². The van der Waals surface area contributed by atoms with Gasteiger partial charge in [-0.1, -0.05) is 25.1 Å². The van der Waals surface area contributed by atoms with Crippen molar-refractivity contribution in [2.45, 2.75) is 13.0 Å². The number of aryl methyl sites for hydroxylation is 1. The van der Waals surface area contributed by atoms with Crippen LogP contribution in [0.1, 0.15) is 18.5 Å². The smallest absolute Gasteiger partial charge is 0.250 e.